The number of nitrogens with zero attached hydrogens (tertiary/aromatic N) is 4. The number of fused-ring (bicyclic) bond motifs is 2. The molecule has 0 radical (unpaired) electrons. The Morgan fingerprint density at radius 2 is 1.92 bits per heavy atom. The van der Waals surface area contributed by atoms with Crippen LogP contribution in [0.4, 0.5) is 5.82 Å². The molecule has 0 saturated heterocycles. The number of unbranched alkanes of at least 4 members (excludes halogenated alkanes) is 1. The summed E-state index contributed by atoms with van der Waals surface area (Å²) in [6.45, 7) is 6.24. The van der Waals surface area contributed by atoms with Gasteiger partial charge in [-0.25, -0.2) is 9.97 Å². The monoisotopic (exact) mass is 516 g/mol. The van der Waals surface area contributed by atoms with E-state index in [2.05, 4.69) is 16.8 Å². The third-order valence-corrected chi connectivity index (χ3v) is 6.00. The molecule has 4 rings (SSSR count). The molecule has 38 heavy (non-hydrogen) atoms. The first-order valence-corrected chi connectivity index (χ1v) is 12.6. The van der Waals surface area contributed by atoms with Crippen molar-refractivity contribution in [3.05, 3.63) is 59.5 Å². The number of anilines is 1. The number of aromatic nitrogens is 2. The number of aliphatic hydroxyl groups excluding tert-OH is 1. The topological polar surface area (TPSA) is 105 Å². The van der Waals surface area contributed by atoms with Crippen LogP contribution in [0.5, 0.6) is 5.75 Å². The zero-order valence-electron chi connectivity index (χ0n) is 22.1. The average Bonchev–Trinajstić information content (AvgIpc) is 2.90. The summed E-state index contributed by atoms with van der Waals surface area (Å²) in [6, 6.07) is 13.8. The Hall–Kier alpha value is -4.16. The van der Waals surface area contributed by atoms with E-state index in [4.69, 9.17) is 14.5 Å². The van der Waals surface area contributed by atoms with Crippen molar-refractivity contribution in [1.82, 2.24) is 14.9 Å². The molecule has 2 aromatic carbocycles. The van der Waals surface area contributed by atoms with Crippen LogP contribution in [0, 0.1) is 17.8 Å². The fourth-order valence-electron chi connectivity index (χ4n) is 4.16. The Morgan fingerprint density at radius 3 is 2.68 bits per heavy atom. The van der Waals surface area contributed by atoms with Gasteiger partial charge in [0.1, 0.15) is 23.7 Å². The molecular formula is C29H32N4O5. The predicted octanol–water partition coefficient (Wildman–Crippen LogP) is 3.73. The molecule has 1 aliphatic heterocycles. The fourth-order valence-corrected chi connectivity index (χ4v) is 4.16. The van der Waals surface area contributed by atoms with Crippen LogP contribution >= 0.6 is 0 Å². The van der Waals surface area contributed by atoms with Gasteiger partial charge in [0, 0.05) is 32.3 Å². The number of hydrogen-bond donors (Lipinski definition) is 1. The van der Waals surface area contributed by atoms with Crippen molar-refractivity contribution in [2.75, 3.05) is 25.1 Å². The maximum Gasteiger partial charge on any atom is 0.302 e. The number of aliphatic hydroxyl groups is 1. The SMILES string of the molecule is CC(=O)OCCCC#Cc1nc2c(nc1COc1cccc3ccccc13)N(CC(C)C)C(O)N(C)C2=O. The molecule has 0 spiro atoms. The highest BCUT2D eigenvalue weighted by Crippen LogP contribution is 2.30. The molecule has 1 unspecified atom stereocenters. The molecule has 3 aromatic rings. The Bertz CT molecular complexity index is 1390. The summed E-state index contributed by atoms with van der Waals surface area (Å²) in [6.07, 6.45) is -0.110. The Labute approximate surface area is 222 Å². The van der Waals surface area contributed by atoms with Gasteiger partial charge in [-0.05, 0) is 29.7 Å². The Kier molecular flexibility index (Phi) is 8.44. The highest BCUT2D eigenvalue weighted by molar-refractivity contribution is 5.99. The number of ether oxygens (including phenoxy) is 2. The summed E-state index contributed by atoms with van der Waals surface area (Å²) < 4.78 is 11.2. The molecule has 1 aliphatic rings. The lowest BCUT2D eigenvalue weighted by molar-refractivity contribution is -0.141. The maximum atomic E-state index is 13.0. The van der Waals surface area contributed by atoms with Crippen LogP contribution in [0.25, 0.3) is 10.8 Å². The molecule has 1 amide bonds. The van der Waals surface area contributed by atoms with E-state index < -0.39 is 12.3 Å². The smallest absolute Gasteiger partial charge is 0.302 e. The van der Waals surface area contributed by atoms with E-state index in [1.54, 1.807) is 4.90 Å². The predicted molar refractivity (Wildman–Crippen MR) is 143 cm³/mol. The standard InChI is InChI=1S/C29H32N4O5/c1-19(2)17-33-27-26(28(35)32(4)29(33)36)30-23(14-6-5-9-16-37-20(3)34)24(31-27)18-38-25-15-10-12-21-11-7-8-13-22(21)25/h7-8,10-13,15,19,29,36H,5,9,16-18H2,1-4H3. The summed E-state index contributed by atoms with van der Waals surface area (Å²) in [4.78, 5) is 36.3. The fraction of sp³-hybridized carbons (Fsp3) is 0.379. The van der Waals surface area contributed by atoms with Gasteiger partial charge >= 0.3 is 5.97 Å². The molecule has 1 atom stereocenters. The van der Waals surface area contributed by atoms with Gasteiger partial charge in [0.2, 0.25) is 6.35 Å². The number of rotatable bonds is 8. The van der Waals surface area contributed by atoms with Gasteiger partial charge in [0.05, 0.1) is 6.61 Å². The first-order valence-electron chi connectivity index (χ1n) is 12.6. The molecule has 198 valence electrons. The van der Waals surface area contributed by atoms with Crippen molar-refractivity contribution < 1.29 is 24.2 Å². The third kappa shape index (κ3) is 6.03. The van der Waals surface area contributed by atoms with Crippen molar-refractivity contribution in [2.24, 2.45) is 5.92 Å². The Balaban J connectivity index is 1.69. The quantitative estimate of drug-likeness (QED) is 0.274. The van der Waals surface area contributed by atoms with Crippen molar-refractivity contribution in [1.29, 1.82) is 0 Å². The minimum Gasteiger partial charge on any atom is -0.487 e. The lowest BCUT2D eigenvalue weighted by Crippen LogP contribution is -2.55. The average molecular weight is 517 g/mol. The van der Waals surface area contributed by atoms with Gasteiger partial charge < -0.3 is 19.5 Å². The molecule has 0 aliphatic carbocycles. The first-order chi connectivity index (χ1) is 18.3. The zero-order valence-corrected chi connectivity index (χ0v) is 22.1. The summed E-state index contributed by atoms with van der Waals surface area (Å²) >= 11 is 0. The number of hydrogen-bond acceptors (Lipinski definition) is 8. The molecule has 2 heterocycles. The minimum atomic E-state index is -1.16. The molecular weight excluding hydrogens is 484 g/mol. The summed E-state index contributed by atoms with van der Waals surface area (Å²) in [5.74, 6) is 6.52. The van der Waals surface area contributed by atoms with Crippen molar-refractivity contribution in [3.63, 3.8) is 0 Å². The van der Waals surface area contributed by atoms with Crippen LogP contribution in [0.3, 0.4) is 0 Å². The second kappa shape index (κ2) is 11.9. The number of esters is 1. The molecule has 1 aromatic heterocycles. The molecule has 0 fully saturated rings. The van der Waals surface area contributed by atoms with E-state index in [0.717, 1.165) is 10.8 Å². The van der Waals surface area contributed by atoms with Crippen LogP contribution in [0.2, 0.25) is 0 Å². The maximum absolute atomic E-state index is 13.0. The number of benzene rings is 2. The largest absolute Gasteiger partial charge is 0.487 e. The second-order valence-electron chi connectivity index (χ2n) is 9.51. The first kappa shape index (κ1) is 26.9. The lowest BCUT2D eigenvalue weighted by Gasteiger charge is -2.40. The number of carbonyl (C=O) groups excluding carboxylic acids is 2. The normalized spacial score (nSPS) is 14.8. The van der Waals surface area contributed by atoms with Crippen LogP contribution in [-0.2, 0) is 16.1 Å². The van der Waals surface area contributed by atoms with Gasteiger partial charge in [0.25, 0.3) is 5.91 Å². The lowest BCUT2D eigenvalue weighted by atomic mass is 10.1. The van der Waals surface area contributed by atoms with Gasteiger partial charge in [-0.2, -0.15) is 0 Å². The van der Waals surface area contributed by atoms with E-state index in [1.807, 2.05) is 56.3 Å². The molecule has 9 nitrogen and oxygen atoms in total. The highest BCUT2D eigenvalue weighted by atomic mass is 16.5. The number of amides is 1. The van der Waals surface area contributed by atoms with Crippen molar-refractivity contribution in [2.45, 2.75) is 46.6 Å². The number of carbonyl (C=O) groups is 2. The summed E-state index contributed by atoms with van der Waals surface area (Å²) in [7, 11) is 1.53. The van der Waals surface area contributed by atoms with Crippen molar-refractivity contribution in [3.8, 4) is 17.6 Å². The van der Waals surface area contributed by atoms with Crippen LogP contribution < -0.4 is 9.64 Å². The second-order valence-corrected chi connectivity index (χ2v) is 9.51. The molecule has 9 heteroatoms. The summed E-state index contributed by atoms with van der Waals surface area (Å²) in [5.41, 5.74) is 0.929. The van der Waals surface area contributed by atoms with E-state index in [-0.39, 0.29) is 30.8 Å². The van der Waals surface area contributed by atoms with Crippen LogP contribution in [-0.4, -0.2) is 58.4 Å². The minimum absolute atomic E-state index is 0.0708. The zero-order chi connectivity index (χ0) is 27.2. The third-order valence-electron chi connectivity index (χ3n) is 6.00. The van der Waals surface area contributed by atoms with Crippen LogP contribution in [0.15, 0.2) is 42.5 Å². The highest BCUT2D eigenvalue weighted by Gasteiger charge is 2.37. The van der Waals surface area contributed by atoms with Gasteiger partial charge in [-0.15, -0.1) is 0 Å². The van der Waals surface area contributed by atoms with E-state index in [9.17, 15) is 14.7 Å². The van der Waals surface area contributed by atoms with Gasteiger partial charge in [-0.3, -0.25) is 14.5 Å². The van der Waals surface area contributed by atoms with Crippen molar-refractivity contribution >= 4 is 28.5 Å². The molecule has 0 saturated carbocycles. The Morgan fingerprint density at radius 1 is 1.16 bits per heavy atom. The van der Waals surface area contributed by atoms with Crippen LogP contribution in [0.1, 0.15) is 55.5 Å². The van der Waals surface area contributed by atoms with E-state index >= 15 is 0 Å². The molecule has 0 bridgehead atoms. The molecule has 1 N–H and O–H groups in total. The summed E-state index contributed by atoms with van der Waals surface area (Å²) in [5, 5.41) is 12.8. The van der Waals surface area contributed by atoms with E-state index in [0.29, 0.717) is 42.3 Å². The van der Waals surface area contributed by atoms with E-state index in [1.165, 1.54) is 18.9 Å². The van der Waals surface area contributed by atoms with Gasteiger partial charge in [0.15, 0.2) is 11.5 Å². The van der Waals surface area contributed by atoms with Gasteiger partial charge in [-0.1, -0.05) is 56.2 Å².